The van der Waals surface area contributed by atoms with Gasteiger partial charge in [0.15, 0.2) is 12.4 Å². The highest BCUT2D eigenvalue weighted by molar-refractivity contribution is 5.52. The van der Waals surface area contributed by atoms with E-state index < -0.39 is 0 Å². The Hall–Kier alpha value is -4.54. The van der Waals surface area contributed by atoms with Crippen molar-refractivity contribution in [2.24, 2.45) is 20.5 Å². The average molecular weight is 584 g/mol. The summed E-state index contributed by atoms with van der Waals surface area (Å²) in [5.41, 5.74) is 3.28. The van der Waals surface area contributed by atoms with E-state index in [0.29, 0.717) is 13.1 Å². The lowest BCUT2D eigenvalue weighted by Gasteiger charge is -2.22. The fourth-order valence-corrected chi connectivity index (χ4v) is 4.60. The molecule has 0 fully saturated rings. The highest BCUT2D eigenvalue weighted by Crippen LogP contribution is 2.22. The van der Waals surface area contributed by atoms with E-state index in [0.717, 1.165) is 73.1 Å². The first kappa shape index (κ1) is 31.4. The predicted octanol–water partition coefficient (Wildman–Crippen LogP) is 6.15. The first-order valence-electron chi connectivity index (χ1n) is 14.7. The van der Waals surface area contributed by atoms with Gasteiger partial charge < -0.3 is 19.8 Å². The fraction of sp³-hybridized carbons (Fsp3) is 0.333. The summed E-state index contributed by atoms with van der Waals surface area (Å²) < 4.78 is 9.48. The van der Waals surface area contributed by atoms with Gasteiger partial charge in [0.1, 0.15) is 23.7 Å². The molecule has 0 aliphatic rings. The summed E-state index contributed by atoms with van der Waals surface area (Å²) in [6, 6.07) is 25.1. The third-order valence-corrected chi connectivity index (χ3v) is 6.90. The molecule has 0 aliphatic carbocycles. The largest absolute Gasteiger partial charge is 0.497 e. The average Bonchev–Trinajstić information content (AvgIpc) is 3.05. The highest BCUT2D eigenvalue weighted by atomic mass is 16.5. The molecule has 4 rings (SSSR count). The van der Waals surface area contributed by atoms with Crippen LogP contribution in [0, 0.1) is 0 Å². The number of hydrogen-bond acceptors (Lipinski definition) is 8. The second kappa shape index (κ2) is 17.4. The number of rotatable bonds is 17. The molecule has 0 saturated heterocycles. The standard InChI is InChI=1S/C33H41N7O3/c1-43-32-17-13-29(14-18-32)34-36-30-9-8-20-38(27-30)19-5-2-3-6-21-40-22-7-4-10-33(40)37-35-28-11-15-31(16-12-28)39(23-25-41)24-26-42/h4,7-18,20,22,27,41-42H,2-3,5-6,19,21,23-26H2,1H3/q+2. The van der Waals surface area contributed by atoms with Gasteiger partial charge in [-0.05, 0) is 85.0 Å². The Morgan fingerprint density at radius 3 is 2.00 bits per heavy atom. The van der Waals surface area contributed by atoms with Crippen LogP contribution in [0.4, 0.5) is 28.6 Å². The number of unbranched alkanes of at least 4 members (excludes halogenated alkanes) is 3. The zero-order chi connectivity index (χ0) is 30.1. The van der Waals surface area contributed by atoms with E-state index in [-0.39, 0.29) is 13.2 Å². The first-order valence-corrected chi connectivity index (χ1v) is 14.7. The lowest BCUT2D eigenvalue weighted by Crippen LogP contribution is -2.33. The van der Waals surface area contributed by atoms with Crippen molar-refractivity contribution in [3.63, 3.8) is 0 Å². The minimum absolute atomic E-state index is 0.0302. The van der Waals surface area contributed by atoms with Crippen LogP contribution in [-0.4, -0.2) is 43.6 Å². The molecule has 0 spiro atoms. The van der Waals surface area contributed by atoms with Crippen LogP contribution >= 0.6 is 0 Å². The molecule has 0 radical (unpaired) electrons. The van der Waals surface area contributed by atoms with Gasteiger partial charge in [0, 0.05) is 37.3 Å². The molecular formula is C33H41N7O3+2. The number of anilines is 1. The molecule has 2 N–H and O–H groups in total. The summed E-state index contributed by atoms with van der Waals surface area (Å²) in [4.78, 5) is 1.93. The Kier molecular flexibility index (Phi) is 12.7. The molecule has 0 aliphatic heterocycles. The number of hydrogen-bond donors (Lipinski definition) is 2. The molecule has 10 heteroatoms. The molecule has 0 bridgehead atoms. The van der Waals surface area contributed by atoms with E-state index >= 15 is 0 Å². The number of methoxy groups -OCH3 is 1. The minimum Gasteiger partial charge on any atom is -0.497 e. The summed E-state index contributed by atoms with van der Waals surface area (Å²) in [6.45, 7) is 2.80. The SMILES string of the molecule is COc1ccc(N=Nc2ccc[n+](CCCCCC[n+]3ccccc3N=Nc3ccc(N(CCO)CCO)cc3)c2)cc1. The normalized spacial score (nSPS) is 11.4. The monoisotopic (exact) mass is 583 g/mol. The van der Waals surface area contributed by atoms with Gasteiger partial charge in [-0.2, -0.15) is 5.11 Å². The van der Waals surface area contributed by atoms with Crippen LogP contribution in [0.15, 0.2) is 118 Å². The predicted molar refractivity (Wildman–Crippen MR) is 166 cm³/mol. The maximum Gasteiger partial charge on any atom is 0.350 e. The summed E-state index contributed by atoms with van der Waals surface area (Å²) >= 11 is 0. The number of pyridine rings is 2. The Bertz CT molecular complexity index is 1440. The van der Waals surface area contributed by atoms with Crippen LogP contribution in [0.1, 0.15) is 25.7 Å². The Labute approximate surface area is 253 Å². The van der Waals surface area contributed by atoms with E-state index in [1.54, 1.807) is 7.11 Å². The quantitative estimate of drug-likeness (QED) is 0.0882. The van der Waals surface area contributed by atoms with E-state index in [1.807, 2.05) is 96.2 Å². The van der Waals surface area contributed by atoms with Crippen molar-refractivity contribution in [1.29, 1.82) is 0 Å². The molecule has 0 amide bonds. The fourth-order valence-electron chi connectivity index (χ4n) is 4.60. The smallest absolute Gasteiger partial charge is 0.350 e. The van der Waals surface area contributed by atoms with Gasteiger partial charge in [0.2, 0.25) is 0 Å². The van der Waals surface area contributed by atoms with Crippen molar-refractivity contribution < 1.29 is 24.1 Å². The molecule has 2 aromatic heterocycles. The van der Waals surface area contributed by atoms with Gasteiger partial charge in [-0.1, -0.05) is 6.07 Å². The molecule has 2 heterocycles. The van der Waals surface area contributed by atoms with Crippen LogP contribution in [-0.2, 0) is 13.1 Å². The maximum absolute atomic E-state index is 9.27. The minimum atomic E-state index is 0.0302. The number of aryl methyl sites for hydroxylation is 2. The molecule has 0 unspecified atom stereocenters. The highest BCUT2D eigenvalue weighted by Gasteiger charge is 2.10. The number of aliphatic hydroxyl groups is 2. The van der Waals surface area contributed by atoms with Crippen LogP contribution in [0.25, 0.3) is 0 Å². The van der Waals surface area contributed by atoms with Crippen molar-refractivity contribution in [3.05, 3.63) is 97.5 Å². The van der Waals surface area contributed by atoms with Crippen molar-refractivity contribution in [3.8, 4) is 5.75 Å². The number of ether oxygens (including phenoxy) is 1. The van der Waals surface area contributed by atoms with Gasteiger partial charge in [0.05, 0.1) is 43.9 Å². The lowest BCUT2D eigenvalue weighted by atomic mass is 10.2. The molecule has 10 nitrogen and oxygen atoms in total. The molecule has 0 saturated carbocycles. The van der Waals surface area contributed by atoms with Gasteiger partial charge in [-0.25, -0.2) is 9.13 Å². The van der Waals surface area contributed by atoms with Crippen LogP contribution in [0.3, 0.4) is 0 Å². The second-order valence-corrected chi connectivity index (χ2v) is 10.0. The number of benzene rings is 2. The number of azo groups is 2. The van der Waals surface area contributed by atoms with Gasteiger partial charge in [-0.3, -0.25) is 0 Å². The maximum atomic E-state index is 9.27. The number of aromatic nitrogens is 2. The summed E-state index contributed by atoms with van der Waals surface area (Å²) in [7, 11) is 1.64. The van der Waals surface area contributed by atoms with Crippen molar-refractivity contribution >= 4 is 28.6 Å². The molecule has 224 valence electrons. The zero-order valence-electron chi connectivity index (χ0n) is 24.7. The Morgan fingerprint density at radius 2 is 1.30 bits per heavy atom. The molecular weight excluding hydrogens is 542 g/mol. The molecule has 4 aromatic rings. The molecule has 2 aromatic carbocycles. The van der Waals surface area contributed by atoms with Gasteiger partial charge in [-0.15, -0.1) is 5.11 Å². The Morgan fingerprint density at radius 1 is 0.651 bits per heavy atom. The zero-order valence-corrected chi connectivity index (χ0v) is 24.7. The lowest BCUT2D eigenvalue weighted by molar-refractivity contribution is -0.697. The van der Waals surface area contributed by atoms with E-state index in [2.05, 4.69) is 35.8 Å². The van der Waals surface area contributed by atoms with Crippen LogP contribution < -0.4 is 18.8 Å². The van der Waals surface area contributed by atoms with Gasteiger partial charge >= 0.3 is 5.82 Å². The number of nitrogens with zero attached hydrogens (tertiary/aromatic N) is 7. The van der Waals surface area contributed by atoms with Crippen molar-refractivity contribution in [1.82, 2.24) is 0 Å². The summed E-state index contributed by atoms with van der Waals surface area (Å²) in [6.07, 6.45) is 10.5. The van der Waals surface area contributed by atoms with Crippen LogP contribution in [0.2, 0.25) is 0 Å². The number of aliphatic hydroxyl groups excluding tert-OH is 2. The van der Waals surface area contributed by atoms with E-state index in [1.165, 1.54) is 0 Å². The van der Waals surface area contributed by atoms with E-state index in [4.69, 9.17) is 4.74 Å². The first-order chi connectivity index (χ1) is 21.2. The third kappa shape index (κ3) is 10.4. The van der Waals surface area contributed by atoms with Crippen molar-refractivity contribution in [2.45, 2.75) is 38.8 Å². The second-order valence-electron chi connectivity index (χ2n) is 10.0. The van der Waals surface area contributed by atoms with E-state index in [9.17, 15) is 10.2 Å². The Balaban J connectivity index is 1.21. The third-order valence-electron chi connectivity index (χ3n) is 6.90. The molecule has 0 atom stereocenters. The molecule has 43 heavy (non-hydrogen) atoms. The van der Waals surface area contributed by atoms with Gasteiger partial charge in [0.25, 0.3) is 0 Å². The summed E-state index contributed by atoms with van der Waals surface area (Å²) in [5.74, 6) is 1.61. The topological polar surface area (TPSA) is 110 Å². The summed E-state index contributed by atoms with van der Waals surface area (Å²) in [5, 5.41) is 36.2. The van der Waals surface area contributed by atoms with Crippen molar-refractivity contribution in [2.75, 3.05) is 38.3 Å². The van der Waals surface area contributed by atoms with Crippen LogP contribution in [0.5, 0.6) is 5.75 Å².